The monoisotopic (exact) mass is 558 g/mol. The van der Waals surface area contributed by atoms with Gasteiger partial charge in [-0.1, -0.05) is 17.3 Å². The van der Waals surface area contributed by atoms with Crippen LogP contribution in [-0.2, 0) is 17.8 Å². The molecule has 2 amide bonds. The Labute approximate surface area is 228 Å². The number of hydrogen-bond acceptors (Lipinski definition) is 8. The Morgan fingerprint density at radius 3 is 2.62 bits per heavy atom. The first-order chi connectivity index (χ1) is 19.0. The SMILES string of the molecule is CNC(=O)c1cn(CCCC/C(N)=C/C=C(\N)NC(=O)Cc2cc(-c3cccc(OC(F)(F)F)c3)ccn2)nn1. The van der Waals surface area contributed by atoms with Crippen molar-refractivity contribution < 1.29 is 27.5 Å². The number of carbonyl (C=O) groups excluding carboxylic acids is 2. The molecule has 6 N–H and O–H groups in total. The quantitative estimate of drug-likeness (QED) is 0.195. The Kier molecular flexibility index (Phi) is 10.2. The predicted octanol–water partition coefficient (Wildman–Crippen LogP) is 2.77. The molecule has 212 valence electrons. The fourth-order valence-electron chi connectivity index (χ4n) is 3.56. The molecular formula is C26H29F3N8O3. The fourth-order valence-corrected chi connectivity index (χ4v) is 3.56. The normalized spacial score (nSPS) is 12.2. The van der Waals surface area contributed by atoms with Crippen LogP contribution in [0.15, 0.2) is 72.5 Å². The van der Waals surface area contributed by atoms with E-state index >= 15 is 0 Å². The highest BCUT2D eigenvalue weighted by Gasteiger charge is 2.31. The Balaban J connectivity index is 1.47. The Bertz CT molecular complexity index is 1390. The summed E-state index contributed by atoms with van der Waals surface area (Å²) >= 11 is 0. The molecule has 0 saturated carbocycles. The molecule has 14 heteroatoms. The zero-order chi connectivity index (χ0) is 29.1. The Morgan fingerprint density at radius 2 is 1.88 bits per heavy atom. The highest BCUT2D eigenvalue weighted by Crippen LogP contribution is 2.28. The second-order valence-electron chi connectivity index (χ2n) is 8.60. The van der Waals surface area contributed by atoms with Crippen molar-refractivity contribution in [3.05, 3.63) is 83.8 Å². The number of pyridine rings is 1. The summed E-state index contributed by atoms with van der Waals surface area (Å²) < 4.78 is 43.1. The van der Waals surface area contributed by atoms with E-state index in [0.717, 1.165) is 12.8 Å². The lowest BCUT2D eigenvalue weighted by Gasteiger charge is -2.11. The van der Waals surface area contributed by atoms with Gasteiger partial charge in [0.2, 0.25) is 5.91 Å². The summed E-state index contributed by atoms with van der Waals surface area (Å²) in [5, 5.41) is 12.7. The molecule has 3 aromatic rings. The zero-order valence-corrected chi connectivity index (χ0v) is 21.6. The first-order valence-corrected chi connectivity index (χ1v) is 12.2. The molecule has 0 saturated heterocycles. The summed E-state index contributed by atoms with van der Waals surface area (Å²) in [4.78, 5) is 28.1. The van der Waals surface area contributed by atoms with Crippen molar-refractivity contribution in [3.63, 3.8) is 0 Å². The first-order valence-electron chi connectivity index (χ1n) is 12.2. The molecule has 0 aliphatic rings. The standard InChI is InChI=1S/C26H29F3N8O3/c1-32-25(39)22-16-37(36-35-22)12-3-2-6-19(30)8-9-23(31)34-24(38)15-20-13-18(10-11-33-20)17-5-4-7-21(14-17)40-26(27,28)29/h4-5,7-11,13-14,16H,2-3,6,12,15,30-31H2,1H3,(H,32,39)(H,34,38)/b19-8-,23-9+. The number of unbranched alkanes of at least 4 members (excludes halogenated alkanes) is 1. The van der Waals surface area contributed by atoms with E-state index in [4.69, 9.17) is 11.5 Å². The molecule has 0 bridgehead atoms. The number of ether oxygens (including phenoxy) is 1. The van der Waals surface area contributed by atoms with Crippen molar-refractivity contribution in [3.8, 4) is 16.9 Å². The highest BCUT2D eigenvalue weighted by atomic mass is 19.4. The van der Waals surface area contributed by atoms with E-state index < -0.39 is 12.3 Å². The van der Waals surface area contributed by atoms with Crippen LogP contribution in [0.5, 0.6) is 5.75 Å². The Hall–Kier alpha value is -4.88. The van der Waals surface area contributed by atoms with Gasteiger partial charge in [-0.2, -0.15) is 0 Å². The van der Waals surface area contributed by atoms with Gasteiger partial charge in [0.1, 0.15) is 11.6 Å². The number of halogens is 3. The van der Waals surface area contributed by atoms with Crippen molar-refractivity contribution in [2.75, 3.05) is 7.05 Å². The van der Waals surface area contributed by atoms with Crippen molar-refractivity contribution in [2.45, 2.75) is 38.6 Å². The van der Waals surface area contributed by atoms with Crippen LogP contribution in [0.1, 0.15) is 35.4 Å². The minimum absolute atomic E-state index is 0.0884. The maximum Gasteiger partial charge on any atom is 0.573 e. The molecule has 0 unspecified atom stereocenters. The maximum absolute atomic E-state index is 12.5. The third kappa shape index (κ3) is 9.78. The van der Waals surface area contributed by atoms with E-state index in [9.17, 15) is 22.8 Å². The molecule has 0 radical (unpaired) electrons. The van der Waals surface area contributed by atoms with E-state index in [1.165, 1.54) is 37.5 Å². The lowest BCUT2D eigenvalue weighted by atomic mass is 10.1. The van der Waals surface area contributed by atoms with Crippen LogP contribution in [0.2, 0.25) is 0 Å². The van der Waals surface area contributed by atoms with Crippen LogP contribution in [0.25, 0.3) is 11.1 Å². The summed E-state index contributed by atoms with van der Waals surface area (Å²) in [5.74, 6) is -0.990. The summed E-state index contributed by atoms with van der Waals surface area (Å²) in [5.41, 5.74) is 14.2. The molecule has 0 aliphatic heterocycles. The summed E-state index contributed by atoms with van der Waals surface area (Å²) in [6.45, 7) is 0.577. The molecule has 0 atom stereocenters. The third-order valence-electron chi connectivity index (χ3n) is 5.42. The summed E-state index contributed by atoms with van der Waals surface area (Å²) in [7, 11) is 1.52. The minimum atomic E-state index is -4.80. The number of nitrogens with two attached hydrogens (primary N) is 2. The van der Waals surface area contributed by atoms with Gasteiger partial charge in [0.15, 0.2) is 5.69 Å². The molecule has 2 aromatic heterocycles. The number of allylic oxidation sites excluding steroid dienone is 3. The number of carbonyl (C=O) groups is 2. The molecule has 3 rings (SSSR count). The molecule has 2 heterocycles. The lowest BCUT2D eigenvalue weighted by Crippen LogP contribution is -2.29. The van der Waals surface area contributed by atoms with Crippen LogP contribution in [0.4, 0.5) is 13.2 Å². The number of hydrogen-bond donors (Lipinski definition) is 4. The van der Waals surface area contributed by atoms with Crippen molar-refractivity contribution in [2.24, 2.45) is 11.5 Å². The van der Waals surface area contributed by atoms with Gasteiger partial charge in [0, 0.05) is 25.5 Å². The van der Waals surface area contributed by atoms with Crippen molar-refractivity contribution in [1.29, 1.82) is 0 Å². The van der Waals surface area contributed by atoms with E-state index in [1.54, 1.807) is 35.2 Å². The number of nitrogens with one attached hydrogen (secondary N) is 2. The number of benzene rings is 1. The third-order valence-corrected chi connectivity index (χ3v) is 5.42. The average Bonchev–Trinajstić information content (AvgIpc) is 3.38. The molecule has 1 aromatic carbocycles. The second kappa shape index (κ2) is 13.8. The second-order valence-corrected chi connectivity index (χ2v) is 8.60. The van der Waals surface area contributed by atoms with Crippen LogP contribution < -0.4 is 26.8 Å². The van der Waals surface area contributed by atoms with Gasteiger partial charge in [-0.15, -0.1) is 18.3 Å². The van der Waals surface area contributed by atoms with Gasteiger partial charge >= 0.3 is 6.36 Å². The number of aryl methyl sites for hydroxylation is 1. The van der Waals surface area contributed by atoms with Crippen LogP contribution in [-0.4, -0.2) is 45.2 Å². The molecule has 0 aliphatic carbocycles. The number of aromatic nitrogens is 4. The van der Waals surface area contributed by atoms with Gasteiger partial charge in [-0.25, -0.2) is 0 Å². The average molecular weight is 559 g/mol. The van der Waals surface area contributed by atoms with E-state index in [0.29, 0.717) is 35.5 Å². The lowest BCUT2D eigenvalue weighted by molar-refractivity contribution is -0.274. The van der Waals surface area contributed by atoms with E-state index in [1.807, 2.05) is 0 Å². The van der Waals surface area contributed by atoms with Crippen LogP contribution >= 0.6 is 0 Å². The largest absolute Gasteiger partial charge is 0.573 e. The van der Waals surface area contributed by atoms with Crippen molar-refractivity contribution >= 4 is 11.8 Å². The highest BCUT2D eigenvalue weighted by molar-refractivity contribution is 5.91. The molecule has 0 spiro atoms. The molecular weight excluding hydrogens is 529 g/mol. The minimum Gasteiger partial charge on any atom is -0.406 e. The van der Waals surface area contributed by atoms with Gasteiger partial charge in [0.05, 0.1) is 18.3 Å². The smallest absolute Gasteiger partial charge is 0.406 e. The number of amides is 2. The molecule has 0 fully saturated rings. The summed E-state index contributed by atoms with van der Waals surface area (Å²) in [6.07, 6.45) is 3.30. The van der Waals surface area contributed by atoms with Gasteiger partial charge in [0.25, 0.3) is 5.91 Å². The van der Waals surface area contributed by atoms with Gasteiger partial charge in [-0.05, 0) is 66.8 Å². The van der Waals surface area contributed by atoms with Gasteiger partial charge in [-0.3, -0.25) is 19.3 Å². The molecule has 40 heavy (non-hydrogen) atoms. The topological polar surface area (TPSA) is 163 Å². The number of rotatable bonds is 12. The Morgan fingerprint density at radius 1 is 1.10 bits per heavy atom. The predicted molar refractivity (Wildman–Crippen MR) is 140 cm³/mol. The summed E-state index contributed by atoms with van der Waals surface area (Å²) in [6, 6.07) is 8.73. The first kappa shape index (κ1) is 29.7. The molecule has 11 nitrogen and oxygen atoms in total. The number of nitrogens with zero attached hydrogens (tertiary/aromatic N) is 4. The zero-order valence-electron chi connectivity index (χ0n) is 21.6. The maximum atomic E-state index is 12.5. The van der Waals surface area contributed by atoms with Gasteiger partial charge < -0.3 is 26.8 Å². The van der Waals surface area contributed by atoms with Crippen LogP contribution in [0, 0.1) is 0 Å². The van der Waals surface area contributed by atoms with Crippen LogP contribution in [0.3, 0.4) is 0 Å². The van der Waals surface area contributed by atoms with E-state index in [2.05, 4.69) is 30.7 Å². The fraction of sp³-hybridized carbons (Fsp3) is 0.269. The van der Waals surface area contributed by atoms with E-state index in [-0.39, 0.29) is 29.6 Å². The van der Waals surface area contributed by atoms with Crippen molar-refractivity contribution in [1.82, 2.24) is 30.6 Å². The number of alkyl halides is 3.